The molecule has 3 nitrogen and oxygen atoms in total. The Morgan fingerprint density at radius 3 is 2.29 bits per heavy atom. The number of carbonyl (C=O) groups is 1. The van der Waals surface area contributed by atoms with Gasteiger partial charge >= 0.3 is 0 Å². The smallest absolute Gasteiger partial charge is 0.230 e. The van der Waals surface area contributed by atoms with Crippen molar-refractivity contribution in [1.82, 2.24) is 5.32 Å². The molecule has 2 aromatic rings. The maximum Gasteiger partial charge on any atom is 0.230 e. The van der Waals surface area contributed by atoms with Crippen molar-refractivity contribution in [3.05, 3.63) is 66.2 Å². The fraction of sp³-hybridized carbons (Fsp3) is 0.235. The molecule has 0 aliphatic rings. The lowest BCUT2D eigenvalue weighted by molar-refractivity contribution is -0.119. The molecule has 0 radical (unpaired) electrons. The molecule has 0 aliphatic carbocycles. The summed E-state index contributed by atoms with van der Waals surface area (Å²) in [5, 5.41) is 13.2. The second kappa shape index (κ2) is 7.29. The third-order valence-corrected chi connectivity index (χ3v) is 4.15. The Morgan fingerprint density at radius 1 is 1.10 bits per heavy atom. The number of thioether (sulfide) groups is 1. The van der Waals surface area contributed by atoms with E-state index in [1.165, 1.54) is 11.8 Å². The summed E-state index contributed by atoms with van der Waals surface area (Å²) in [5.41, 5.74) is -0.269. The zero-order valence-corrected chi connectivity index (χ0v) is 12.8. The second-order valence-electron chi connectivity index (χ2n) is 5.02. The van der Waals surface area contributed by atoms with Gasteiger partial charge in [0.05, 0.1) is 12.3 Å². The van der Waals surface area contributed by atoms with Crippen molar-refractivity contribution in [2.45, 2.75) is 17.4 Å². The normalized spacial score (nSPS) is 13.4. The van der Waals surface area contributed by atoms with Gasteiger partial charge in [-0.2, -0.15) is 0 Å². The maximum absolute atomic E-state index is 11.9. The van der Waals surface area contributed by atoms with Crippen molar-refractivity contribution in [3.63, 3.8) is 0 Å². The molecule has 0 fully saturated rings. The Balaban J connectivity index is 1.81. The number of amides is 1. The molecule has 0 heterocycles. The van der Waals surface area contributed by atoms with Crippen molar-refractivity contribution >= 4 is 17.7 Å². The van der Waals surface area contributed by atoms with Crippen molar-refractivity contribution in [1.29, 1.82) is 0 Å². The van der Waals surface area contributed by atoms with Crippen LogP contribution >= 0.6 is 11.8 Å². The lowest BCUT2D eigenvalue weighted by Gasteiger charge is -2.24. The van der Waals surface area contributed by atoms with Crippen LogP contribution < -0.4 is 5.32 Å². The molecular formula is C17H19NO2S. The van der Waals surface area contributed by atoms with Crippen LogP contribution in [0.25, 0.3) is 0 Å². The van der Waals surface area contributed by atoms with Crippen LogP contribution in [-0.4, -0.2) is 23.3 Å². The summed E-state index contributed by atoms with van der Waals surface area (Å²) >= 11 is 1.48. The van der Waals surface area contributed by atoms with Gasteiger partial charge in [-0.25, -0.2) is 0 Å². The van der Waals surface area contributed by atoms with Crippen LogP contribution in [0.2, 0.25) is 0 Å². The maximum atomic E-state index is 11.9. The van der Waals surface area contributed by atoms with E-state index in [9.17, 15) is 9.90 Å². The first kappa shape index (κ1) is 15.6. The van der Waals surface area contributed by atoms with E-state index in [0.29, 0.717) is 5.75 Å². The van der Waals surface area contributed by atoms with Gasteiger partial charge in [0.25, 0.3) is 0 Å². The number of nitrogens with one attached hydrogen (secondary N) is 1. The minimum Gasteiger partial charge on any atom is -0.384 e. The lowest BCUT2D eigenvalue weighted by Crippen LogP contribution is -2.39. The monoisotopic (exact) mass is 301 g/mol. The van der Waals surface area contributed by atoms with Crippen LogP contribution in [0.15, 0.2) is 65.6 Å². The Kier molecular flexibility index (Phi) is 5.42. The SMILES string of the molecule is CC(O)(CNC(=O)CSc1ccccc1)c1ccccc1. The first-order valence-electron chi connectivity index (χ1n) is 6.80. The summed E-state index contributed by atoms with van der Waals surface area (Å²) in [7, 11) is 0. The van der Waals surface area contributed by atoms with Gasteiger partial charge in [-0.3, -0.25) is 4.79 Å². The van der Waals surface area contributed by atoms with E-state index in [1.807, 2.05) is 60.7 Å². The summed E-state index contributed by atoms with van der Waals surface area (Å²) in [4.78, 5) is 12.9. The van der Waals surface area contributed by atoms with Gasteiger partial charge in [-0.05, 0) is 24.6 Å². The Hall–Kier alpha value is -1.78. The summed E-state index contributed by atoms with van der Waals surface area (Å²) in [5.74, 6) is 0.259. The average Bonchev–Trinajstić information content (AvgIpc) is 2.53. The molecule has 2 aromatic carbocycles. The van der Waals surface area contributed by atoms with Crippen LogP contribution in [0.3, 0.4) is 0 Å². The van der Waals surface area contributed by atoms with E-state index >= 15 is 0 Å². The van der Waals surface area contributed by atoms with Crippen LogP contribution in [0, 0.1) is 0 Å². The van der Waals surface area contributed by atoms with E-state index in [0.717, 1.165) is 10.5 Å². The largest absolute Gasteiger partial charge is 0.384 e. The third kappa shape index (κ3) is 4.92. The summed E-state index contributed by atoms with van der Waals surface area (Å²) in [6, 6.07) is 19.1. The zero-order chi connectivity index (χ0) is 15.1. The Morgan fingerprint density at radius 2 is 1.67 bits per heavy atom. The summed E-state index contributed by atoms with van der Waals surface area (Å²) in [6.07, 6.45) is 0. The van der Waals surface area contributed by atoms with Crippen LogP contribution in [0.5, 0.6) is 0 Å². The van der Waals surface area contributed by atoms with E-state index in [4.69, 9.17) is 0 Å². The van der Waals surface area contributed by atoms with Gasteiger partial charge in [-0.1, -0.05) is 48.5 Å². The molecule has 1 atom stereocenters. The fourth-order valence-corrected chi connectivity index (χ4v) is 2.64. The number of rotatable bonds is 6. The first-order valence-corrected chi connectivity index (χ1v) is 7.79. The highest BCUT2D eigenvalue weighted by molar-refractivity contribution is 8.00. The van der Waals surface area contributed by atoms with Gasteiger partial charge in [0.2, 0.25) is 5.91 Å². The molecular weight excluding hydrogens is 282 g/mol. The topological polar surface area (TPSA) is 49.3 Å². The highest BCUT2D eigenvalue weighted by atomic mass is 32.2. The van der Waals surface area contributed by atoms with Crippen LogP contribution in [0.4, 0.5) is 0 Å². The lowest BCUT2D eigenvalue weighted by atomic mass is 9.96. The first-order chi connectivity index (χ1) is 10.1. The minimum atomic E-state index is -1.06. The predicted molar refractivity (Wildman–Crippen MR) is 86.2 cm³/mol. The molecule has 0 saturated carbocycles. The molecule has 1 unspecified atom stereocenters. The van der Waals surface area contributed by atoms with Crippen LogP contribution in [-0.2, 0) is 10.4 Å². The van der Waals surface area contributed by atoms with E-state index in [1.54, 1.807) is 6.92 Å². The molecule has 0 saturated heterocycles. The van der Waals surface area contributed by atoms with Gasteiger partial charge in [0, 0.05) is 4.90 Å². The van der Waals surface area contributed by atoms with Gasteiger partial charge in [0.15, 0.2) is 0 Å². The van der Waals surface area contributed by atoms with Crippen molar-refractivity contribution in [2.75, 3.05) is 12.3 Å². The van der Waals surface area contributed by atoms with Crippen molar-refractivity contribution < 1.29 is 9.90 Å². The molecule has 0 bridgehead atoms. The Labute approximate surface area is 129 Å². The molecule has 2 N–H and O–H groups in total. The van der Waals surface area contributed by atoms with Gasteiger partial charge in [-0.15, -0.1) is 11.8 Å². The molecule has 1 amide bonds. The highest BCUT2D eigenvalue weighted by Crippen LogP contribution is 2.19. The molecule has 0 aromatic heterocycles. The number of hydrogen-bond donors (Lipinski definition) is 2. The van der Waals surface area contributed by atoms with E-state index < -0.39 is 5.60 Å². The number of carbonyl (C=O) groups excluding carboxylic acids is 1. The molecule has 0 aliphatic heterocycles. The number of aliphatic hydroxyl groups is 1. The number of benzene rings is 2. The number of hydrogen-bond acceptors (Lipinski definition) is 3. The van der Waals surface area contributed by atoms with Crippen LogP contribution in [0.1, 0.15) is 12.5 Å². The minimum absolute atomic E-state index is 0.0833. The third-order valence-electron chi connectivity index (χ3n) is 3.14. The van der Waals surface area contributed by atoms with Gasteiger partial charge < -0.3 is 10.4 Å². The second-order valence-corrected chi connectivity index (χ2v) is 6.07. The molecule has 2 rings (SSSR count). The average molecular weight is 301 g/mol. The molecule has 0 spiro atoms. The van der Waals surface area contributed by atoms with Gasteiger partial charge in [0.1, 0.15) is 5.60 Å². The zero-order valence-electron chi connectivity index (χ0n) is 12.0. The molecule has 21 heavy (non-hydrogen) atoms. The molecule has 110 valence electrons. The Bertz CT molecular complexity index is 570. The standard InChI is InChI=1S/C17H19NO2S/c1-17(20,14-8-4-2-5-9-14)13-18-16(19)12-21-15-10-6-3-7-11-15/h2-11,20H,12-13H2,1H3,(H,18,19). The van der Waals surface area contributed by atoms with E-state index in [2.05, 4.69) is 5.32 Å². The molecule has 4 heteroatoms. The highest BCUT2D eigenvalue weighted by Gasteiger charge is 2.23. The van der Waals surface area contributed by atoms with Crippen molar-refractivity contribution in [3.8, 4) is 0 Å². The van der Waals surface area contributed by atoms with E-state index in [-0.39, 0.29) is 12.5 Å². The quantitative estimate of drug-likeness (QED) is 0.807. The fourth-order valence-electron chi connectivity index (χ4n) is 1.89. The summed E-state index contributed by atoms with van der Waals surface area (Å²) < 4.78 is 0. The summed E-state index contributed by atoms with van der Waals surface area (Å²) in [6.45, 7) is 1.90. The van der Waals surface area contributed by atoms with Crippen molar-refractivity contribution in [2.24, 2.45) is 0 Å². The predicted octanol–water partition coefficient (Wildman–Crippen LogP) is 2.80.